The minimum atomic E-state index is -0.201. The van der Waals surface area contributed by atoms with Crippen LogP contribution in [0.1, 0.15) is 34.5 Å². The van der Waals surface area contributed by atoms with E-state index in [9.17, 15) is 4.79 Å². The number of amides is 1. The lowest BCUT2D eigenvalue weighted by atomic mass is 10.0. The number of rotatable bonds is 5. The van der Waals surface area contributed by atoms with Crippen molar-refractivity contribution in [2.75, 3.05) is 11.9 Å². The third kappa shape index (κ3) is 3.13. The van der Waals surface area contributed by atoms with Gasteiger partial charge in [0.05, 0.1) is 11.3 Å². The first-order valence-corrected chi connectivity index (χ1v) is 8.86. The zero-order valence-corrected chi connectivity index (χ0v) is 14.4. The van der Waals surface area contributed by atoms with Crippen LogP contribution in [0.2, 0.25) is 0 Å². The number of nitrogens with one attached hydrogen (secondary N) is 2. The molecule has 7 heteroatoms. The van der Waals surface area contributed by atoms with E-state index in [1.807, 2.05) is 6.07 Å². The number of hydrogen-bond acceptors (Lipinski definition) is 4. The van der Waals surface area contributed by atoms with Crippen molar-refractivity contribution >= 4 is 11.7 Å². The maximum absolute atomic E-state index is 12.8. The molecule has 3 heterocycles. The van der Waals surface area contributed by atoms with Crippen LogP contribution >= 0.6 is 0 Å². The molecule has 0 saturated carbocycles. The molecule has 1 amide bonds. The number of carbonyl (C=O) groups excluding carboxylic acids is 1. The van der Waals surface area contributed by atoms with E-state index in [1.54, 1.807) is 29.3 Å². The number of hydrogen-bond donors (Lipinski definition) is 3. The highest BCUT2D eigenvalue weighted by Gasteiger charge is 2.24. The van der Waals surface area contributed by atoms with Gasteiger partial charge in [0.1, 0.15) is 0 Å². The summed E-state index contributed by atoms with van der Waals surface area (Å²) < 4.78 is 1.71. The van der Waals surface area contributed by atoms with Crippen molar-refractivity contribution in [1.82, 2.24) is 19.7 Å². The van der Waals surface area contributed by atoms with Crippen LogP contribution in [0.15, 0.2) is 36.8 Å². The molecule has 0 fully saturated rings. The lowest BCUT2D eigenvalue weighted by Gasteiger charge is -2.08. The fraction of sp³-hybridized carbons (Fsp3) is 0.316. The molecule has 4 rings (SSSR count). The SMILES string of the molecule is O=C(Nc1ccn(CCCO)n1)c1c[nH]c2c1-c1ncccc1CCC2. The Bertz CT molecular complexity index is 928. The quantitative estimate of drug-likeness (QED) is 0.658. The Morgan fingerprint density at radius 3 is 3.15 bits per heavy atom. The highest BCUT2D eigenvalue weighted by molar-refractivity contribution is 6.08. The number of fused-ring (bicyclic) bond motifs is 3. The molecule has 0 radical (unpaired) electrons. The van der Waals surface area contributed by atoms with E-state index < -0.39 is 0 Å². The molecular formula is C19H21N5O2. The summed E-state index contributed by atoms with van der Waals surface area (Å²) in [5, 5.41) is 16.1. The van der Waals surface area contributed by atoms with Gasteiger partial charge >= 0.3 is 0 Å². The molecular weight excluding hydrogens is 330 g/mol. The summed E-state index contributed by atoms with van der Waals surface area (Å²) in [4.78, 5) is 20.6. The molecule has 0 saturated heterocycles. The van der Waals surface area contributed by atoms with E-state index in [2.05, 4.69) is 26.4 Å². The van der Waals surface area contributed by atoms with Gasteiger partial charge in [0.2, 0.25) is 0 Å². The van der Waals surface area contributed by atoms with Crippen LogP contribution in [0.3, 0.4) is 0 Å². The fourth-order valence-corrected chi connectivity index (χ4v) is 3.40. The number of aromatic nitrogens is 4. The Labute approximate surface area is 151 Å². The number of H-pyrrole nitrogens is 1. The average molecular weight is 351 g/mol. The van der Waals surface area contributed by atoms with Crippen LogP contribution in [-0.4, -0.2) is 37.4 Å². The molecule has 1 aliphatic carbocycles. The van der Waals surface area contributed by atoms with Crippen LogP contribution in [0.25, 0.3) is 11.3 Å². The van der Waals surface area contributed by atoms with Crippen molar-refractivity contribution in [2.45, 2.75) is 32.2 Å². The van der Waals surface area contributed by atoms with Crippen molar-refractivity contribution in [2.24, 2.45) is 0 Å². The van der Waals surface area contributed by atoms with Crippen LogP contribution in [0.4, 0.5) is 5.82 Å². The predicted molar refractivity (Wildman–Crippen MR) is 97.9 cm³/mol. The standard InChI is InChI=1S/C19H21N5O2/c25-11-3-9-24-10-7-16(23-24)22-19(26)14-12-21-15-6-1-4-13-5-2-8-20-18(13)17(14)15/h2,5,7-8,10,12,21,25H,1,3-4,6,9,11H2,(H,22,23,26). The molecule has 0 bridgehead atoms. The zero-order valence-electron chi connectivity index (χ0n) is 14.4. The van der Waals surface area contributed by atoms with Crippen LogP contribution in [-0.2, 0) is 19.4 Å². The molecule has 0 unspecified atom stereocenters. The van der Waals surface area contributed by atoms with Gasteiger partial charge in [0.25, 0.3) is 5.91 Å². The van der Waals surface area contributed by atoms with E-state index in [0.717, 1.165) is 36.2 Å². The van der Waals surface area contributed by atoms with E-state index in [-0.39, 0.29) is 12.5 Å². The number of pyridine rings is 1. The number of anilines is 1. The lowest BCUT2D eigenvalue weighted by molar-refractivity contribution is 0.102. The molecule has 0 spiro atoms. The first-order chi connectivity index (χ1) is 12.8. The highest BCUT2D eigenvalue weighted by Crippen LogP contribution is 2.33. The van der Waals surface area contributed by atoms with Gasteiger partial charge in [-0.25, -0.2) is 0 Å². The van der Waals surface area contributed by atoms with Gasteiger partial charge in [-0.2, -0.15) is 5.10 Å². The Morgan fingerprint density at radius 2 is 2.27 bits per heavy atom. The zero-order chi connectivity index (χ0) is 17.9. The van der Waals surface area contributed by atoms with E-state index >= 15 is 0 Å². The molecule has 3 aromatic heterocycles. The van der Waals surface area contributed by atoms with Gasteiger partial charge in [-0.15, -0.1) is 0 Å². The summed E-state index contributed by atoms with van der Waals surface area (Å²) in [7, 11) is 0. The van der Waals surface area contributed by atoms with Gasteiger partial charge in [-0.3, -0.25) is 14.5 Å². The second-order valence-corrected chi connectivity index (χ2v) is 6.42. The number of aliphatic hydroxyl groups is 1. The van der Waals surface area contributed by atoms with Gasteiger partial charge in [-0.05, 0) is 37.3 Å². The summed E-state index contributed by atoms with van der Waals surface area (Å²) in [6.07, 6.45) is 8.83. The monoisotopic (exact) mass is 351 g/mol. The second kappa shape index (κ2) is 7.13. The summed E-state index contributed by atoms with van der Waals surface area (Å²) in [6.45, 7) is 0.729. The van der Waals surface area contributed by atoms with E-state index in [0.29, 0.717) is 24.3 Å². The average Bonchev–Trinajstić information content (AvgIpc) is 3.23. The minimum absolute atomic E-state index is 0.115. The first-order valence-electron chi connectivity index (χ1n) is 8.86. The highest BCUT2D eigenvalue weighted by atomic mass is 16.3. The summed E-state index contributed by atoms with van der Waals surface area (Å²) in [5.41, 5.74) is 4.61. The van der Waals surface area contributed by atoms with E-state index in [4.69, 9.17) is 5.11 Å². The van der Waals surface area contributed by atoms with Gasteiger partial charge in [0.15, 0.2) is 5.82 Å². The molecule has 3 N–H and O–H groups in total. The lowest BCUT2D eigenvalue weighted by Crippen LogP contribution is -2.13. The molecule has 26 heavy (non-hydrogen) atoms. The maximum Gasteiger partial charge on any atom is 0.259 e. The van der Waals surface area contributed by atoms with Crippen molar-refractivity contribution < 1.29 is 9.90 Å². The fourth-order valence-electron chi connectivity index (χ4n) is 3.40. The number of carbonyl (C=O) groups is 1. The van der Waals surface area contributed by atoms with Crippen LogP contribution in [0.5, 0.6) is 0 Å². The van der Waals surface area contributed by atoms with Gasteiger partial charge in [0, 0.05) is 49.1 Å². The number of aliphatic hydroxyl groups excluding tert-OH is 1. The molecule has 0 aromatic carbocycles. The summed E-state index contributed by atoms with van der Waals surface area (Å²) >= 11 is 0. The Hall–Kier alpha value is -2.93. The minimum Gasteiger partial charge on any atom is -0.396 e. The molecule has 1 aliphatic rings. The van der Waals surface area contributed by atoms with Crippen molar-refractivity contribution in [3.63, 3.8) is 0 Å². The summed E-state index contributed by atoms with van der Waals surface area (Å²) in [6, 6.07) is 5.77. The predicted octanol–water partition coefficient (Wildman–Crippen LogP) is 2.40. The largest absolute Gasteiger partial charge is 0.396 e. The number of nitrogens with zero attached hydrogens (tertiary/aromatic N) is 3. The third-order valence-electron chi connectivity index (χ3n) is 4.64. The van der Waals surface area contributed by atoms with Gasteiger partial charge < -0.3 is 15.4 Å². The third-order valence-corrected chi connectivity index (χ3v) is 4.64. The summed E-state index contributed by atoms with van der Waals surface area (Å²) in [5.74, 6) is 0.297. The van der Waals surface area contributed by atoms with Gasteiger partial charge in [-0.1, -0.05) is 6.07 Å². The molecule has 134 valence electrons. The number of aryl methyl sites for hydroxylation is 3. The van der Waals surface area contributed by atoms with Crippen LogP contribution < -0.4 is 5.32 Å². The smallest absolute Gasteiger partial charge is 0.259 e. The molecule has 7 nitrogen and oxygen atoms in total. The Kier molecular flexibility index (Phi) is 4.53. The second-order valence-electron chi connectivity index (χ2n) is 6.42. The van der Waals surface area contributed by atoms with E-state index in [1.165, 1.54) is 5.56 Å². The molecule has 3 aromatic rings. The van der Waals surface area contributed by atoms with Crippen molar-refractivity contribution in [1.29, 1.82) is 0 Å². The maximum atomic E-state index is 12.8. The Morgan fingerprint density at radius 1 is 1.35 bits per heavy atom. The van der Waals surface area contributed by atoms with Crippen molar-refractivity contribution in [3.05, 3.63) is 53.6 Å². The Balaban J connectivity index is 1.61. The normalized spacial score (nSPS) is 13.0. The van der Waals surface area contributed by atoms with Crippen molar-refractivity contribution in [3.8, 4) is 11.3 Å². The molecule has 0 atom stereocenters. The van der Waals surface area contributed by atoms with Crippen LogP contribution in [0, 0.1) is 0 Å². The first kappa shape index (κ1) is 16.5. The topological polar surface area (TPSA) is 95.8 Å². The molecule has 0 aliphatic heterocycles. The number of aromatic amines is 1.